The fourth-order valence-electron chi connectivity index (χ4n) is 2.71. The first-order valence-electron chi connectivity index (χ1n) is 8.35. The lowest BCUT2D eigenvalue weighted by Crippen LogP contribution is -2.35. The molecule has 1 saturated heterocycles. The molecule has 0 saturated carbocycles. The SMILES string of the molecule is CC(C)(C)OC(=O)N1CC[C@H](COc2nc3ccccc3nc2Cl)C1. The Kier molecular flexibility index (Phi) is 4.99. The molecule has 1 atom stereocenters. The van der Waals surface area contributed by atoms with Crippen molar-refractivity contribution in [1.29, 1.82) is 0 Å². The number of amides is 1. The molecule has 1 aliphatic rings. The van der Waals surface area contributed by atoms with Crippen LogP contribution in [0.5, 0.6) is 5.88 Å². The van der Waals surface area contributed by atoms with E-state index in [1.807, 2.05) is 45.0 Å². The van der Waals surface area contributed by atoms with E-state index in [4.69, 9.17) is 21.1 Å². The van der Waals surface area contributed by atoms with Crippen LogP contribution in [0.4, 0.5) is 4.79 Å². The molecule has 1 aromatic heterocycles. The maximum atomic E-state index is 12.1. The number of aromatic nitrogens is 2. The zero-order chi connectivity index (χ0) is 18.0. The molecule has 6 nitrogen and oxygen atoms in total. The minimum absolute atomic E-state index is 0.219. The van der Waals surface area contributed by atoms with Crippen molar-refractivity contribution >= 4 is 28.7 Å². The lowest BCUT2D eigenvalue weighted by atomic mass is 10.1. The molecule has 2 aromatic rings. The van der Waals surface area contributed by atoms with Crippen molar-refractivity contribution < 1.29 is 14.3 Å². The largest absolute Gasteiger partial charge is 0.475 e. The molecule has 0 bridgehead atoms. The molecule has 3 rings (SSSR count). The minimum atomic E-state index is -0.486. The quantitative estimate of drug-likeness (QED) is 0.826. The van der Waals surface area contributed by atoms with Gasteiger partial charge in [0.05, 0.1) is 17.6 Å². The van der Waals surface area contributed by atoms with Crippen LogP contribution in [-0.2, 0) is 4.74 Å². The molecular formula is C18H22ClN3O3. The van der Waals surface area contributed by atoms with Gasteiger partial charge in [-0.2, -0.15) is 0 Å². The van der Waals surface area contributed by atoms with Crippen molar-refractivity contribution in [3.63, 3.8) is 0 Å². The summed E-state index contributed by atoms with van der Waals surface area (Å²) in [5, 5.41) is 0.251. The summed E-state index contributed by atoms with van der Waals surface area (Å²) in [7, 11) is 0. The molecule has 1 aromatic carbocycles. The van der Waals surface area contributed by atoms with Crippen LogP contribution in [0, 0.1) is 5.92 Å². The molecule has 0 aliphatic carbocycles. The van der Waals surface area contributed by atoms with Gasteiger partial charge in [-0.25, -0.2) is 14.8 Å². The summed E-state index contributed by atoms with van der Waals surface area (Å²) in [6.07, 6.45) is 0.580. The number of likely N-dealkylation sites (tertiary alicyclic amines) is 1. The average Bonchev–Trinajstić information content (AvgIpc) is 3.00. The highest BCUT2D eigenvalue weighted by Crippen LogP contribution is 2.25. The van der Waals surface area contributed by atoms with Crippen molar-refractivity contribution in [3.05, 3.63) is 29.4 Å². The molecule has 1 aliphatic heterocycles. The fraction of sp³-hybridized carbons (Fsp3) is 0.500. The summed E-state index contributed by atoms with van der Waals surface area (Å²) in [4.78, 5) is 22.5. The number of hydrogen-bond acceptors (Lipinski definition) is 5. The lowest BCUT2D eigenvalue weighted by Gasteiger charge is -2.24. The van der Waals surface area contributed by atoms with E-state index in [1.165, 1.54) is 0 Å². The maximum absolute atomic E-state index is 12.1. The monoisotopic (exact) mass is 363 g/mol. The second kappa shape index (κ2) is 7.04. The zero-order valence-electron chi connectivity index (χ0n) is 14.7. The van der Waals surface area contributed by atoms with Crippen LogP contribution in [0.2, 0.25) is 5.15 Å². The number of benzene rings is 1. The van der Waals surface area contributed by atoms with Gasteiger partial charge in [-0.1, -0.05) is 23.7 Å². The highest BCUT2D eigenvalue weighted by Gasteiger charge is 2.30. The van der Waals surface area contributed by atoms with Gasteiger partial charge in [0, 0.05) is 19.0 Å². The summed E-state index contributed by atoms with van der Waals surface area (Å²) in [6, 6.07) is 7.50. The van der Waals surface area contributed by atoms with Crippen LogP contribution in [0.3, 0.4) is 0 Å². The Labute approximate surface area is 152 Å². The van der Waals surface area contributed by atoms with E-state index < -0.39 is 5.60 Å². The summed E-state index contributed by atoms with van der Waals surface area (Å²) in [6.45, 7) is 7.30. The Bertz CT molecular complexity index is 776. The molecule has 0 radical (unpaired) electrons. The van der Waals surface area contributed by atoms with E-state index in [9.17, 15) is 4.79 Å². The van der Waals surface area contributed by atoms with Gasteiger partial charge in [0.15, 0.2) is 5.15 Å². The van der Waals surface area contributed by atoms with Gasteiger partial charge in [0.2, 0.25) is 0 Å². The first-order chi connectivity index (χ1) is 11.8. The molecular weight excluding hydrogens is 342 g/mol. The number of para-hydroxylation sites is 2. The number of carbonyl (C=O) groups is 1. The van der Waals surface area contributed by atoms with Crippen molar-refractivity contribution in [2.45, 2.75) is 32.8 Å². The van der Waals surface area contributed by atoms with E-state index in [-0.39, 0.29) is 17.2 Å². The van der Waals surface area contributed by atoms with Gasteiger partial charge in [-0.15, -0.1) is 0 Å². The van der Waals surface area contributed by atoms with Crippen LogP contribution in [0.1, 0.15) is 27.2 Å². The van der Waals surface area contributed by atoms with Crippen molar-refractivity contribution in [3.8, 4) is 5.88 Å². The molecule has 0 unspecified atom stereocenters. The number of carbonyl (C=O) groups excluding carboxylic acids is 1. The van der Waals surface area contributed by atoms with Crippen molar-refractivity contribution in [1.82, 2.24) is 14.9 Å². The van der Waals surface area contributed by atoms with Crippen molar-refractivity contribution in [2.24, 2.45) is 5.92 Å². The van der Waals surface area contributed by atoms with Gasteiger partial charge >= 0.3 is 6.09 Å². The van der Waals surface area contributed by atoms with E-state index in [0.29, 0.717) is 25.6 Å². The molecule has 1 amide bonds. The van der Waals surface area contributed by atoms with E-state index in [1.54, 1.807) is 4.90 Å². The molecule has 0 N–H and O–H groups in total. The number of halogens is 1. The number of nitrogens with zero attached hydrogens (tertiary/aromatic N) is 3. The summed E-state index contributed by atoms with van der Waals surface area (Å²) < 4.78 is 11.2. The van der Waals surface area contributed by atoms with Crippen LogP contribution in [0.15, 0.2) is 24.3 Å². The van der Waals surface area contributed by atoms with E-state index >= 15 is 0 Å². The second-order valence-electron chi connectivity index (χ2n) is 7.20. The van der Waals surface area contributed by atoms with Gasteiger partial charge in [-0.3, -0.25) is 0 Å². The number of ether oxygens (including phenoxy) is 2. The Balaban J connectivity index is 1.58. The Hall–Kier alpha value is -2.08. The topological polar surface area (TPSA) is 64.5 Å². The van der Waals surface area contributed by atoms with Crippen LogP contribution < -0.4 is 4.74 Å². The van der Waals surface area contributed by atoms with E-state index in [0.717, 1.165) is 17.5 Å². The first-order valence-corrected chi connectivity index (χ1v) is 8.72. The lowest BCUT2D eigenvalue weighted by molar-refractivity contribution is 0.0284. The smallest absolute Gasteiger partial charge is 0.410 e. The van der Waals surface area contributed by atoms with Crippen LogP contribution in [-0.4, -0.2) is 46.3 Å². The fourth-order valence-corrected chi connectivity index (χ4v) is 2.90. The molecule has 0 spiro atoms. The zero-order valence-corrected chi connectivity index (χ0v) is 15.4. The van der Waals surface area contributed by atoms with Crippen LogP contribution in [0.25, 0.3) is 11.0 Å². The molecule has 7 heteroatoms. The van der Waals surface area contributed by atoms with Gasteiger partial charge in [0.25, 0.3) is 5.88 Å². The van der Waals surface area contributed by atoms with Gasteiger partial charge < -0.3 is 14.4 Å². The average molecular weight is 364 g/mol. The predicted molar refractivity (Wildman–Crippen MR) is 96.0 cm³/mol. The third-order valence-corrected chi connectivity index (χ3v) is 4.14. The number of rotatable bonds is 3. The first kappa shape index (κ1) is 17.7. The third kappa shape index (κ3) is 4.51. The van der Waals surface area contributed by atoms with Gasteiger partial charge in [-0.05, 0) is 39.3 Å². The molecule has 25 heavy (non-hydrogen) atoms. The molecule has 2 heterocycles. The van der Waals surface area contributed by atoms with Crippen LogP contribution >= 0.6 is 11.6 Å². The number of hydrogen-bond donors (Lipinski definition) is 0. The van der Waals surface area contributed by atoms with Crippen molar-refractivity contribution in [2.75, 3.05) is 19.7 Å². The Morgan fingerprint density at radius 1 is 1.28 bits per heavy atom. The summed E-state index contributed by atoms with van der Waals surface area (Å²) >= 11 is 6.16. The standard InChI is InChI=1S/C18H22ClN3O3/c1-18(2,3)25-17(23)22-9-8-12(10-22)11-24-16-15(19)20-13-6-4-5-7-14(13)21-16/h4-7,12H,8-11H2,1-3H3/t12-/m0/s1. The Morgan fingerprint density at radius 2 is 1.96 bits per heavy atom. The summed E-state index contributed by atoms with van der Waals surface area (Å²) in [5.41, 5.74) is 0.986. The maximum Gasteiger partial charge on any atom is 0.410 e. The van der Waals surface area contributed by atoms with E-state index in [2.05, 4.69) is 9.97 Å². The highest BCUT2D eigenvalue weighted by atomic mass is 35.5. The minimum Gasteiger partial charge on any atom is -0.475 e. The highest BCUT2D eigenvalue weighted by molar-refractivity contribution is 6.31. The number of fused-ring (bicyclic) bond motifs is 1. The molecule has 1 fully saturated rings. The summed E-state index contributed by atoms with van der Waals surface area (Å²) in [5.74, 6) is 0.549. The second-order valence-corrected chi connectivity index (χ2v) is 7.56. The third-order valence-electron chi connectivity index (χ3n) is 3.89. The normalized spacial score (nSPS) is 17.8. The van der Waals surface area contributed by atoms with Gasteiger partial charge in [0.1, 0.15) is 5.60 Å². The molecule has 134 valence electrons. The Morgan fingerprint density at radius 3 is 2.64 bits per heavy atom. The predicted octanol–water partition coefficient (Wildman–Crippen LogP) is 3.92.